The van der Waals surface area contributed by atoms with Crippen LogP contribution in [0.25, 0.3) is 0 Å². The lowest BCUT2D eigenvalue weighted by atomic mass is 9.96. The van der Waals surface area contributed by atoms with Crippen LogP contribution in [0.2, 0.25) is 0 Å². The van der Waals surface area contributed by atoms with Crippen molar-refractivity contribution in [2.24, 2.45) is 5.92 Å². The lowest BCUT2D eigenvalue weighted by Gasteiger charge is -2.31. The molecule has 14 heavy (non-hydrogen) atoms. The van der Waals surface area contributed by atoms with Crippen LogP contribution in [0.15, 0.2) is 0 Å². The summed E-state index contributed by atoms with van der Waals surface area (Å²) in [7, 11) is 0. The molecule has 0 saturated carbocycles. The van der Waals surface area contributed by atoms with Gasteiger partial charge in [-0.3, -0.25) is 0 Å². The maximum absolute atomic E-state index is 4.44. The zero-order chi connectivity index (χ0) is 9.97. The molecule has 3 nitrogen and oxygen atoms in total. The first-order valence-electron chi connectivity index (χ1n) is 5.35. The van der Waals surface area contributed by atoms with Crippen molar-refractivity contribution in [2.75, 3.05) is 18.0 Å². The van der Waals surface area contributed by atoms with E-state index in [-0.39, 0.29) is 0 Å². The Labute approximate surface area is 89.3 Å². The van der Waals surface area contributed by atoms with E-state index in [9.17, 15) is 0 Å². The van der Waals surface area contributed by atoms with Crippen molar-refractivity contribution in [3.8, 4) is 0 Å². The van der Waals surface area contributed by atoms with Crippen molar-refractivity contribution in [2.45, 2.75) is 33.1 Å². The van der Waals surface area contributed by atoms with E-state index in [0.29, 0.717) is 0 Å². The molecule has 2 heterocycles. The van der Waals surface area contributed by atoms with Gasteiger partial charge in [0.1, 0.15) is 5.82 Å². The second-order valence-electron chi connectivity index (χ2n) is 3.99. The third kappa shape index (κ3) is 2.05. The molecule has 1 aromatic heterocycles. The van der Waals surface area contributed by atoms with Crippen molar-refractivity contribution in [3.63, 3.8) is 0 Å². The van der Waals surface area contributed by atoms with E-state index in [1.54, 1.807) is 0 Å². The van der Waals surface area contributed by atoms with Crippen LogP contribution in [0.1, 0.15) is 32.0 Å². The number of hydrogen-bond donors (Lipinski definition) is 0. The molecule has 0 unspecified atom stereocenters. The summed E-state index contributed by atoms with van der Waals surface area (Å²) in [6.45, 7) is 6.57. The Morgan fingerprint density at radius 2 is 2.43 bits per heavy atom. The average Bonchev–Trinajstić information content (AvgIpc) is 2.65. The summed E-state index contributed by atoms with van der Waals surface area (Å²) in [5.74, 6) is 1.76. The molecule has 4 heteroatoms. The first kappa shape index (κ1) is 9.90. The van der Waals surface area contributed by atoms with E-state index in [1.807, 2.05) is 6.92 Å². The summed E-state index contributed by atoms with van der Waals surface area (Å²) in [6, 6.07) is 0. The van der Waals surface area contributed by atoms with Crippen molar-refractivity contribution >= 4 is 16.7 Å². The number of aryl methyl sites for hydroxylation is 1. The quantitative estimate of drug-likeness (QED) is 0.752. The molecular formula is C10H17N3S. The van der Waals surface area contributed by atoms with Gasteiger partial charge in [0.2, 0.25) is 5.13 Å². The first-order valence-corrected chi connectivity index (χ1v) is 6.12. The van der Waals surface area contributed by atoms with Gasteiger partial charge < -0.3 is 4.90 Å². The van der Waals surface area contributed by atoms with Gasteiger partial charge in [-0.2, -0.15) is 4.37 Å². The van der Waals surface area contributed by atoms with Crippen molar-refractivity contribution < 1.29 is 0 Å². The largest absolute Gasteiger partial charge is 0.347 e. The smallest absolute Gasteiger partial charge is 0.205 e. The third-order valence-electron chi connectivity index (χ3n) is 2.88. The lowest BCUT2D eigenvalue weighted by molar-refractivity contribution is 0.404. The second kappa shape index (κ2) is 4.26. The summed E-state index contributed by atoms with van der Waals surface area (Å²) in [5.41, 5.74) is 0. The summed E-state index contributed by atoms with van der Waals surface area (Å²) in [5, 5.41) is 1.11. The normalized spacial score (nSPS) is 22.7. The molecule has 1 saturated heterocycles. The van der Waals surface area contributed by atoms with Crippen LogP contribution in [0.5, 0.6) is 0 Å². The van der Waals surface area contributed by atoms with Crippen molar-refractivity contribution in [3.05, 3.63) is 5.82 Å². The first-order chi connectivity index (χ1) is 6.79. The molecule has 1 aliphatic heterocycles. The summed E-state index contributed by atoms with van der Waals surface area (Å²) in [6.07, 6.45) is 3.97. The highest BCUT2D eigenvalue weighted by molar-refractivity contribution is 7.09. The molecule has 0 aromatic carbocycles. The van der Waals surface area contributed by atoms with Gasteiger partial charge in [0, 0.05) is 24.6 Å². The molecule has 2 rings (SSSR count). The van der Waals surface area contributed by atoms with Crippen LogP contribution in [0.4, 0.5) is 5.13 Å². The number of rotatable bonds is 2. The van der Waals surface area contributed by atoms with Crippen LogP contribution in [0.3, 0.4) is 0 Å². The van der Waals surface area contributed by atoms with Crippen LogP contribution in [0, 0.1) is 12.8 Å². The fourth-order valence-electron chi connectivity index (χ4n) is 1.99. The fourth-order valence-corrected chi connectivity index (χ4v) is 2.70. The predicted molar refractivity (Wildman–Crippen MR) is 59.9 cm³/mol. The van der Waals surface area contributed by atoms with Crippen molar-refractivity contribution in [1.29, 1.82) is 0 Å². The number of piperidine rings is 1. The molecule has 1 atom stereocenters. The molecule has 0 aliphatic carbocycles. The van der Waals surface area contributed by atoms with Gasteiger partial charge in [-0.1, -0.05) is 13.3 Å². The van der Waals surface area contributed by atoms with Gasteiger partial charge in [-0.15, -0.1) is 0 Å². The standard InChI is InChI=1S/C10H17N3S/c1-3-9-5-4-6-13(7-9)10-11-8(2)12-14-10/h9H,3-7H2,1-2H3/t9-/m0/s1. The highest BCUT2D eigenvalue weighted by atomic mass is 32.1. The van der Waals surface area contributed by atoms with Crippen LogP contribution in [-0.4, -0.2) is 22.4 Å². The highest BCUT2D eigenvalue weighted by Crippen LogP contribution is 2.25. The average molecular weight is 211 g/mol. The molecule has 0 spiro atoms. The molecule has 78 valence electrons. The number of hydrogen-bond acceptors (Lipinski definition) is 4. The molecular weight excluding hydrogens is 194 g/mol. The van der Waals surface area contributed by atoms with Gasteiger partial charge >= 0.3 is 0 Å². The number of anilines is 1. The molecule has 0 bridgehead atoms. The summed E-state index contributed by atoms with van der Waals surface area (Å²) < 4.78 is 4.23. The van der Waals surface area contributed by atoms with Gasteiger partial charge in [-0.05, 0) is 25.7 Å². The van der Waals surface area contributed by atoms with Crippen LogP contribution < -0.4 is 4.90 Å². The zero-order valence-electron chi connectivity index (χ0n) is 8.86. The van der Waals surface area contributed by atoms with Gasteiger partial charge in [0.05, 0.1) is 0 Å². The molecule has 1 aliphatic rings. The van der Waals surface area contributed by atoms with Crippen LogP contribution in [-0.2, 0) is 0 Å². The minimum atomic E-state index is 0.855. The van der Waals surface area contributed by atoms with E-state index in [0.717, 1.165) is 23.4 Å². The maximum Gasteiger partial charge on any atom is 0.205 e. The molecule has 0 N–H and O–H groups in total. The predicted octanol–water partition coefficient (Wildman–Crippen LogP) is 2.47. The minimum Gasteiger partial charge on any atom is -0.347 e. The maximum atomic E-state index is 4.44. The number of aromatic nitrogens is 2. The monoisotopic (exact) mass is 211 g/mol. The Bertz CT molecular complexity index is 297. The van der Waals surface area contributed by atoms with E-state index < -0.39 is 0 Å². The lowest BCUT2D eigenvalue weighted by Crippen LogP contribution is -2.35. The summed E-state index contributed by atoms with van der Waals surface area (Å²) in [4.78, 5) is 6.83. The Morgan fingerprint density at radius 3 is 3.07 bits per heavy atom. The van der Waals surface area contributed by atoms with Gasteiger partial charge in [-0.25, -0.2) is 4.98 Å². The van der Waals surface area contributed by atoms with E-state index in [1.165, 1.54) is 37.3 Å². The molecule has 1 fully saturated rings. The van der Waals surface area contributed by atoms with Crippen LogP contribution >= 0.6 is 11.5 Å². The minimum absolute atomic E-state index is 0.855. The van der Waals surface area contributed by atoms with Gasteiger partial charge in [0.15, 0.2) is 0 Å². The van der Waals surface area contributed by atoms with Crippen molar-refractivity contribution in [1.82, 2.24) is 9.36 Å². The second-order valence-corrected chi connectivity index (χ2v) is 4.72. The van der Waals surface area contributed by atoms with E-state index in [4.69, 9.17) is 0 Å². The Balaban J connectivity index is 2.04. The molecule has 0 radical (unpaired) electrons. The van der Waals surface area contributed by atoms with E-state index in [2.05, 4.69) is 21.2 Å². The Kier molecular flexibility index (Phi) is 3.01. The Hall–Kier alpha value is -0.640. The molecule has 0 amide bonds. The topological polar surface area (TPSA) is 29.0 Å². The number of nitrogens with zero attached hydrogens (tertiary/aromatic N) is 3. The zero-order valence-corrected chi connectivity index (χ0v) is 9.68. The summed E-state index contributed by atoms with van der Waals surface area (Å²) >= 11 is 1.53. The van der Waals surface area contributed by atoms with Gasteiger partial charge in [0.25, 0.3) is 0 Å². The fraction of sp³-hybridized carbons (Fsp3) is 0.800. The van der Waals surface area contributed by atoms with E-state index >= 15 is 0 Å². The highest BCUT2D eigenvalue weighted by Gasteiger charge is 2.20. The SMILES string of the molecule is CC[C@H]1CCCN(c2nc(C)ns2)C1. The third-order valence-corrected chi connectivity index (χ3v) is 3.75. The molecule has 1 aromatic rings. The Morgan fingerprint density at radius 1 is 1.57 bits per heavy atom.